The summed E-state index contributed by atoms with van der Waals surface area (Å²) in [5, 5.41) is 13.7. The van der Waals surface area contributed by atoms with Crippen molar-refractivity contribution in [3.05, 3.63) is 40.2 Å². The molecule has 0 radical (unpaired) electrons. The van der Waals surface area contributed by atoms with Crippen molar-refractivity contribution in [2.75, 3.05) is 5.32 Å². The van der Waals surface area contributed by atoms with E-state index in [0.717, 1.165) is 5.69 Å². The predicted molar refractivity (Wildman–Crippen MR) is 64.0 cm³/mol. The van der Waals surface area contributed by atoms with Gasteiger partial charge in [-0.2, -0.15) is 0 Å². The van der Waals surface area contributed by atoms with E-state index in [1.807, 2.05) is 0 Å². The minimum Gasteiger partial charge on any atom is -0.359 e. The van der Waals surface area contributed by atoms with Crippen LogP contribution in [-0.2, 0) is 13.6 Å². The zero-order valence-electron chi connectivity index (χ0n) is 9.99. The highest BCUT2D eigenvalue weighted by Crippen LogP contribution is 2.21. The minimum atomic E-state index is -0.520. The lowest BCUT2D eigenvalue weighted by molar-refractivity contribution is -0.388. The van der Waals surface area contributed by atoms with Gasteiger partial charge in [-0.3, -0.25) is 4.57 Å². The molecule has 2 aromatic rings. The highest BCUT2D eigenvalue weighted by Gasteiger charge is 2.19. The number of hydrogen-bond donors (Lipinski definition) is 1. The lowest BCUT2D eigenvalue weighted by Crippen LogP contribution is -2.07. The molecular weight excluding hydrogens is 236 g/mol. The number of nitrogens with zero attached hydrogens (tertiary/aromatic N) is 5. The van der Waals surface area contributed by atoms with Crippen LogP contribution in [0.3, 0.4) is 0 Å². The maximum atomic E-state index is 10.8. The van der Waals surface area contributed by atoms with E-state index in [4.69, 9.17) is 0 Å². The Labute approximate surface area is 103 Å². The lowest BCUT2D eigenvalue weighted by atomic mass is 10.4. The number of aryl methyl sites for hydroxylation is 2. The quantitative estimate of drug-likeness (QED) is 0.641. The van der Waals surface area contributed by atoms with Gasteiger partial charge in [0.25, 0.3) is 0 Å². The first-order valence-electron chi connectivity index (χ1n) is 5.26. The molecule has 0 aliphatic carbocycles. The second kappa shape index (κ2) is 4.78. The average molecular weight is 248 g/mol. The van der Waals surface area contributed by atoms with Crippen LogP contribution in [0.25, 0.3) is 0 Å². The summed E-state index contributed by atoms with van der Waals surface area (Å²) >= 11 is 0. The Morgan fingerprint density at radius 2 is 2.28 bits per heavy atom. The first-order chi connectivity index (χ1) is 8.58. The van der Waals surface area contributed by atoms with Gasteiger partial charge in [0.15, 0.2) is 0 Å². The Balaban J connectivity index is 2.15. The van der Waals surface area contributed by atoms with E-state index < -0.39 is 4.92 Å². The maximum Gasteiger partial charge on any atom is 0.406 e. The predicted octanol–water partition coefficient (Wildman–Crippen LogP) is 1.04. The zero-order valence-corrected chi connectivity index (χ0v) is 9.99. The second-order valence-corrected chi connectivity index (χ2v) is 3.73. The number of nitrogens with one attached hydrogen (secondary N) is 1. The molecule has 0 fully saturated rings. The fraction of sp³-hybridized carbons (Fsp3) is 0.300. The lowest BCUT2D eigenvalue weighted by Gasteiger charge is -2.05. The molecule has 0 atom stereocenters. The molecule has 0 amide bonds. The van der Waals surface area contributed by atoms with Crippen LogP contribution < -0.4 is 5.32 Å². The van der Waals surface area contributed by atoms with Crippen molar-refractivity contribution in [3.63, 3.8) is 0 Å². The van der Waals surface area contributed by atoms with Crippen LogP contribution in [0, 0.1) is 17.0 Å². The highest BCUT2D eigenvalue weighted by atomic mass is 16.6. The fourth-order valence-corrected chi connectivity index (χ4v) is 1.53. The van der Waals surface area contributed by atoms with E-state index in [-0.39, 0.29) is 5.82 Å². The third-order valence-electron chi connectivity index (χ3n) is 2.36. The molecule has 94 valence electrons. The van der Waals surface area contributed by atoms with Crippen LogP contribution in [-0.4, -0.2) is 24.4 Å². The molecule has 0 aliphatic heterocycles. The Bertz CT molecular complexity index is 579. The summed E-state index contributed by atoms with van der Waals surface area (Å²) in [5.74, 6) is 0.827. The molecule has 1 N–H and O–H groups in total. The molecule has 2 rings (SSSR count). The van der Waals surface area contributed by atoms with Gasteiger partial charge in [0.05, 0.1) is 12.2 Å². The van der Waals surface area contributed by atoms with Crippen molar-refractivity contribution in [2.45, 2.75) is 13.5 Å². The molecule has 8 nitrogen and oxygen atoms in total. The molecule has 0 saturated heterocycles. The van der Waals surface area contributed by atoms with Crippen molar-refractivity contribution in [2.24, 2.45) is 7.05 Å². The van der Waals surface area contributed by atoms with Crippen molar-refractivity contribution in [3.8, 4) is 0 Å². The monoisotopic (exact) mass is 248 g/mol. The van der Waals surface area contributed by atoms with Gasteiger partial charge in [-0.05, 0) is 22.9 Å². The molecule has 0 bridgehead atoms. The van der Waals surface area contributed by atoms with Crippen LogP contribution in [0.15, 0.2) is 18.6 Å². The first-order valence-corrected chi connectivity index (χ1v) is 5.26. The molecule has 0 saturated carbocycles. The van der Waals surface area contributed by atoms with Gasteiger partial charge in [-0.25, -0.2) is 9.97 Å². The van der Waals surface area contributed by atoms with Gasteiger partial charge in [-0.15, -0.1) is 0 Å². The van der Waals surface area contributed by atoms with Gasteiger partial charge in [0.1, 0.15) is 5.82 Å². The van der Waals surface area contributed by atoms with Crippen LogP contribution in [0.4, 0.5) is 11.6 Å². The van der Waals surface area contributed by atoms with Crippen molar-refractivity contribution < 1.29 is 4.92 Å². The SMILES string of the molecule is Cc1nccc(CNc2c([N+](=O)[O-])ncn2C)n1. The Hall–Kier alpha value is -2.51. The summed E-state index contributed by atoms with van der Waals surface area (Å²) in [4.78, 5) is 22.1. The van der Waals surface area contributed by atoms with E-state index in [1.165, 1.54) is 6.33 Å². The van der Waals surface area contributed by atoms with Gasteiger partial charge in [0.2, 0.25) is 12.1 Å². The third kappa shape index (κ3) is 2.42. The van der Waals surface area contributed by atoms with Crippen molar-refractivity contribution in [1.82, 2.24) is 19.5 Å². The molecule has 0 spiro atoms. The number of imidazole rings is 1. The highest BCUT2D eigenvalue weighted by molar-refractivity contribution is 5.52. The maximum absolute atomic E-state index is 10.8. The van der Waals surface area contributed by atoms with E-state index >= 15 is 0 Å². The molecular formula is C10H12N6O2. The zero-order chi connectivity index (χ0) is 13.1. The molecule has 18 heavy (non-hydrogen) atoms. The molecule has 0 aliphatic rings. The normalized spacial score (nSPS) is 10.3. The van der Waals surface area contributed by atoms with Gasteiger partial charge in [-0.1, -0.05) is 0 Å². The van der Waals surface area contributed by atoms with Crippen LogP contribution in [0.2, 0.25) is 0 Å². The summed E-state index contributed by atoms with van der Waals surface area (Å²) in [6.45, 7) is 2.17. The topological polar surface area (TPSA) is 98.8 Å². The number of nitro groups is 1. The largest absolute Gasteiger partial charge is 0.406 e. The van der Waals surface area contributed by atoms with Crippen LogP contribution in [0.1, 0.15) is 11.5 Å². The summed E-state index contributed by atoms with van der Waals surface area (Å²) in [5.41, 5.74) is 0.762. The summed E-state index contributed by atoms with van der Waals surface area (Å²) in [6, 6.07) is 1.75. The molecule has 0 unspecified atom stereocenters. The molecule has 0 aromatic carbocycles. The van der Waals surface area contributed by atoms with Crippen LogP contribution in [0.5, 0.6) is 0 Å². The van der Waals surface area contributed by atoms with Gasteiger partial charge >= 0.3 is 5.82 Å². The van der Waals surface area contributed by atoms with E-state index in [9.17, 15) is 10.1 Å². The number of rotatable bonds is 4. The Kier molecular flexibility index (Phi) is 3.18. The molecule has 8 heteroatoms. The first kappa shape index (κ1) is 12.0. The fourth-order valence-electron chi connectivity index (χ4n) is 1.53. The van der Waals surface area contributed by atoms with Crippen molar-refractivity contribution >= 4 is 11.6 Å². The number of aromatic nitrogens is 4. The Morgan fingerprint density at radius 1 is 1.50 bits per heavy atom. The smallest absolute Gasteiger partial charge is 0.359 e. The number of hydrogen-bond acceptors (Lipinski definition) is 6. The minimum absolute atomic E-state index is 0.191. The second-order valence-electron chi connectivity index (χ2n) is 3.73. The summed E-state index contributed by atoms with van der Waals surface area (Å²) < 4.78 is 1.56. The standard InChI is InChI=1S/C10H12N6O2/c1-7-11-4-3-8(14-7)5-12-9-10(16(17)18)13-6-15(9)2/h3-4,6,12H,5H2,1-2H3. The van der Waals surface area contributed by atoms with Crippen molar-refractivity contribution in [1.29, 1.82) is 0 Å². The van der Waals surface area contributed by atoms with E-state index in [2.05, 4.69) is 20.3 Å². The van der Waals surface area contributed by atoms with E-state index in [0.29, 0.717) is 18.2 Å². The summed E-state index contributed by atoms with van der Waals surface area (Å²) in [6.07, 6.45) is 3.04. The van der Waals surface area contributed by atoms with Gasteiger partial charge < -0.3 is 15.4 Å². The third-order valence-corrected chi connectivity index (χ3v) is 2.36. The molecule has 2 aromatic heterocycles. The van der Waals surface area contributed by atoms with Crippen LogP contribution >= 0.6 is 0 Å². The molecule has 2 heterocycles. The van der Waals surface area contributed by atoms with E-state index in [1.54, 1.807) is 30.8 Å². The summed E-state index contributed by atoms with van der Waals surface area (Å²) in [7, 11) is 1.69. The average Bonchev–Trinajstić information content (AvgIpc) is 2.68. The van der Waals surface area contributed by atoms with Gasteiger partial charge in [0, 0.05) is 13.2 Å². The number of anilines is 1. The Morgan fingerprint density at radius 3 is 2.94 bits per heavy atom.